The minimum Gasteiger partial charge on any atom is -0.466 e. The number of esters is 1. The minimum absolute atomic E-state index is 0.0591. The number of carbonyl (C=O) groups excluding carboxylic acids is 4. The standard InChI is InChI=1S/C23H32N2O5/c1-4-17-8-10-18(11-9-17)20(26)12-13-21(27)24(3)16-22(28)25-14-6-7-19(15-25)23(29)30-5-2/h8-11,19H,4-7,12-16H2,1-3H3. The highest BCUT2D eigenvalue weighted by molar-refractivity contribution is 5.98. The molecule has 0 bridgehead atoms. The lowest BCUT2D eigenvalue weighted by molar-refractivity contribution is -0.152. The minimum atomic E-state index is -0.305. The summed E-state index contributed by atoms with van der Waals surface area (Å²) in [5.74, 6) is -1.11. The molecule has 0 spiro atoms. The van der Waals surface area contributed by atoms with Gasteiger partial charge in [0.2, 0.25) is 11.8 Å². The molecular weight excluding hydrogens is 384 g/mol. The molecule has 7 nitrogen and oxygen atoms in total. The molecule has 0 saturated carbocycles. The van der Waals surface area contributed by atoms with Crippen molar-refractivity contribution in [2.75, 3.05) is 33.3 Å². The largest absolute Gasteiger partial charge is 0.466 e. The van der Waals surface area contributed by atoms with Gasteiger partial charge >= 0.3 is 5.97 Å². The van der Waals surface area contributed by atoms with Crippen LogP contribution in [0.25, 0.3) is 0 Å². The molecule has 1 aromatic rings. The van der Waals surface area contributed by atoms with Crippen LogP contribution in [-0.4, -0.2) is 66.7 Å². The second-order valence-electron chi connectivity index (χ2n) is 7.65. The molecule has 2 rings (SSSR count). The lowest BCUT2D eigenvalue weighted by atomic mass is 9.98. The first-order valence-electron chi connectivity index (χ1n) is 10.7. The third kappa shape index (κ3) is 6.68. The zero-order valence-electron chi connectivity index (χ0n) is 18.2. The SMILES string of the molecule is CCOC(=O)C1CCCN(C(=O)CN(C)C(=O)CCC(=O)c2ccc(CC)cc2)C1. The summed E-state index contributed by atoms with van der Waals surface area (Å²) in [7, 11) is 1.56. The number of Topliss-reactive ketones (excluding diaryl/α,β-unsaturated/α-hetero) is 1. The van der Waals surface area contributed by atoms with Crippen LogP contribution in [0, 0.1) is 5.92 Å². The maximum Gasteiger partial charge on any atom is 0.310 e. The van der Waals surface area contributed by atoms with Gasteiger partial charge < -0.3 is 14.5 Å². The van der Waals surface area contributed by atoms with Crippen molar-refractivity contribution in [3.8, 4) is 0 Å². The predicted octanol–water partition coefficient (Wildman–Crippen LogP) is 2.47. The Balaban J connectivity index is 1.80. The van der Waals surface area contributed by atoms with Crippen LogP contribution < -0.4 is 0 Å². The van der Waals surface area contributed by atoms with E-state index >= 15 is 0 Å². The molecule has 30 heavy (non-hydrogen) atoms. The summed E-state index contributed by atoms with van der Waals surface area (Å²) in [4.78, 5) is 52.2. The van der Waals surface area contributed by atoms with Crippen molar-refractivity contribution >= 4 is 23.6 Å². The molecule has 1 fully saturated rings. The van der Waals surface area contributed by atoms with Crippen molar-refractivity contribution in [3.05, 3.63) is 35.4 Å². The number of likely N-dealkylation sites (N-methyl/N-ethyl adjacent to an activating group) is 1. The van der Waals surface area contributed by atoms with E-state index in [2.05, 4.69) is 0 Å². The van der Waals surface area contributed by atoms with E-state index in [0.29, 0.717) is 31.7 Å². The number of ketones is 1. The van der Waals surface area contributed by atoms with E-state index in [0.717, 1.165) is 18.4 Å². The average Bonchev–Trinajstić information content (AvgIpc) is 2.77. The summed E-state index contributed by atoms with van der Waals surface area (Å²) < 4.78 is 5.06. The number of amides is 2. The fraction of sp³-hybridized carbons (Fsp3) is 0.565. The highest BCUT2D eigenvalue weighted by atomic mass is 16.5. The smallest absolute Gasteiger partial charge is 0.310 e. The van der Waals surface area contributed by atoms with Crippen LogP contribution in [0.5, 0.6) is 0 Å². The van der Waals surface area contributed by atoms with Crippen LogP contribution >= 0.6 is 0 Å². The van der Waals surface area contributed by atoms with Crippen LogP contribution in [0.4, 0.5) is 0 Å². The Morgan fingerprint density at radius 3 is 2.43 bits per heavy atom. The van der Waals surface area contributed by atoms with Gasteiger partial charge in [-0.15, -0.1) is 0 Å². The number of benzene rings is 1. The fourth-order valence-electron chi connectivity index (χ4n) is 3.53. The zero-order valence-corrected chi connectivity index (χ0v) is 18.2. The van der Waals surface area contributed by atoms with Gasteiger partial charge in [-0.2, -0.15) is 0 Å². The number of piperidine rings is 1. The van der Waals surface area contributed by atoms with Crippen molar-refractivity contribution in [1.29, 1.82) is 0 Å². The summed E-state index contributed by atoms with van der Waals surface area (Å²) in [5, 5.41) is 0. The van der Waals surface area contributed by atoms with Crippen molar-refractivity contribution in [1.82, 2.24) is 9.80 Å². The van der Waals surface area contributed by atoms with E-state index in [9.17, 15) is 19.2 Å². The van der Waals surface area contributed by atoms with Gasteiger partial charge in [0, 0.05) is 38.5 Å². The Bertz CT molecular complexity index is 759. The Labute approximate surface area is 178 Å². The second kappa shape index (κ2) is 11.5. The van der Waals surface area contributed by atoms with Gasteiger partial charge in [0.15, 0.2) is 5.78 Å². The third-order valence-corrected chi connectivity index (χ3v) is 5.44. The second-order valence-corrected chi connectivity index (χ2v) is 7.65. The molecule has 1 heterocycles. The monoisotopic (exact) mass is 416 g/mol. The molecule has 0 aromatic heterocycles. The summed E-state index contributed by atoms with van der Waals surface area (Å²) in [5.41, 5.74) is 1.75. The molecule has 164 valence electrons. The van der Waals surface area contributed by atoms with Crippen LogP contribution in [0.2, 0.25) is 0 Å². The maximum atomic E-state index is 12.6. The molecule has 7 heteroatoms. The van der Waals surface area contributed by atoms with Crippen molar-refractivity contribution in [3.63, 3.8) is 0 Å². The first kappa shape index (κ1) is 23.6. The number of hydrogen-bond acceptors (Lipinski definition) is 5. The summed E-state index contributed by atoms with van der Waals surface area (Å²) in [6.45, 7) is 4.97. The van der Waals surface area contributed by atoms with Gasteiger partial charge in [-0.25, -0.2) is 0 Å². The van der Waals surface area contributed by atoms with Crippen LogP contribution in [0.3, 0.4) is 0 Å². The summed E-state index contributed by atoms with van der Waals surface area (Å²) >= 11 is 0. The summed E-state index contributed by atoms with van der Waals surface area (Å²) in [6.07, 6.45) is 2.52. The molecular formula is C23H32N2O5. The van der Waals surface area contributed by atoms with Gasteiger partial charge in [0.25, 0.3) is 0 Å². The number of ether oxygens (including phenoxy) is 1. The predicted molar refractivity (Wildman–Crippen MR) is 113 cm³/mol. The molecule has 2 amide bonds. The lowest BCUT2D eigenvalue weighted by Crippen LogP contribution is -2.47. The van der Waals surface area contributed by atoms with Gasteiger partial charge in [0.05, 0.1) is 19.1 Å². The highest BCUT2D eigenvalue weighted by Crippen LogP contribution is 2.18. The molecule has 1 atom stereocenters. The number of nitrogens with zero attached hydrogens (tertiary/aromatic N) is 2. The molecule has 1 aliphatic rings. The van der Waals surface area contributed by atoms with Gasteiger partial charge in [-0.1, -0.05) is 31.2 Å². The first-order valence-corrected chi connectivity index (χ1v) is 10.7. The van der Waals surface area contributed by atoms with E-state index in [4.69, 9.17) is 4.74 Å². The number of likely N-dealkylation sites (tertiary alicyclic amines) is 1. The van der Waals surface area contributed by atoms with Gasteiger partial charge in [0.1, 0.15) is 0 Å². The van der Waals surface area contributed by atoms with Crippen molar-refractivity contribution in [2.45, 2.75) is 46.0 Å². The van der Waals surface area contributed by atoms with Crippen LogP contribution in [-0.2, 0) is 25.5 Å². The molecule has 0 N–H and O–H groups in total. The Morgan fingerprint density at radius 1 is 1.10 bits per heavy atom. The van der Waals surface area contributed by atoms with E-state index in [1.54, 1.807) is 31.0 Å². The number of hydrogen-bond donors (Lipinski definition) is 0. The molecule has 0 aliphatic carbocycles. The Hall–Kier alpha value is -2.70. The Kier molecular flexibility index (Phi) is 9.02. The fourth-order valence-corrected chi connectivity index (χ4v) is 3.53. The van der Waals surface area contributed by atoms with Gasteiger partial charge in [-0.3, -0.25) is 19.2 Å². The topological polar surface area (TPSA) is 84.0 Å². The number of carbonyl (C=O) groups is 4. The van der Waals surface area contributed by atoms with E-state index in [1.807, 2.05) is 19.1 Å². The molecule has 1 aliphatic heterocycles. The molecule has 0 radical (unpaired) electrons. The molecule has 1 unspecified atom stereocenters. The lowest BCUT2D eigenvalue weighted by Gasteiger charge is -2.32. The maximum absolute atomic E-state index is 12.6. The van der Waals surface area contributed by atoms with E-state index in [-0.39, 0.29) is 48.9 Å². The van der Waals surface area contributed by atoms with Gasteiger partial charge in [-0.05, 0) is 31.7 Å². The Morgan fingerprint density at radius 2 is 1.80 bits per heavy atom. The van der Waals surface area contributed by atoms with E-state index < -0.39 is 0 Å². The quantitative estimate of drug-likeness (QED) is 0.456. The van der Waals surface area contributed by atoms with Crippen LogP contribution in [0.1, 0.15) is 55.5 Å². The normalized spacial score (nSPS) is 16.1. The first-order chi connectivity index (χ1) is 14.3. The van der Waals surface area contributed by atoms with Crippen LogP contribution in [0.15, 0.2) is 24.3 Å². The van der Waals surface area contributed by atoms with Crippen molar-refractivity contribution in [2.24, 2.45) is 5.92 Å². The number of aryl methyl sites for hydroxylation is 1. The number of rotatable bonds is 9. The van der Waals surface area contributed by atoms with Crippen molar-refractivity contribution < 1.29 is 23.9 Å². The summed E-state index contributed by atoms with van der Waals surface area (Å²) in [6, 6.07) is 7.41. The average molecular weight is 417 g/mol. The zero-order chi connectivity index (χ0) is 22.1. The molecule has 1 aromatic carbocycles. The highest BCUT2D eigenvalue weighted by Gasteiger charge is 2.30. The molecule has 1 saturated heterocycles. The van der Waals surface area contributed by atoms with E-state index in [1.165, 1.54) is 4.90 Å². The third-order valence-electron chi connectivity index (χ3n) is 5.44.